The van der Waals surface area contributed by atoms with Crippen molar-refractivity contribution in [2.45, 2.75) is 47.7 Å². The fourth-order valence-electron chi connectivity index (χ4n) is 1.50. The van der Waals surface area contributed by atoms with Crippen LogP contribution in [0.1, 0.15) is 44.4 Å². The monoisotopic (exact) mass is 193 g/mol. The van der Waals surface area contributed by atoms with E-state index in [0.29, 0.717) is 0 Å². The number of benzene rings is 1. The third-order valence-corrected chi connectivity index (χ3v) is 2.12. The van der Waals surface area contributed by atoms with E-state index in [2.05, 4.69) is 30.4 Å². The van der Waals surface area contributed by atoms with Gasteiger partial charge in [-0.05, 0) is 23.6 Å². The fourth-order valence-corrected chi connectivity index (χ4v) is 1.50. The number of rotatable bonds is 0. The Balaban J connectivity index is 0.000000379. The molecular formula is C13H23N. The van der Waals surface area contributed by atoms with Crippen molar-refractivity contribution in [1.29, 1.82) is 0 Å². The van der Waals surface area contributed by atoms with Crippen LogP contribution in [0.4, 0.5) is 0 Å². The van der Waals surface area contributed by atoms with E-state index in [1.807, 2.05) is 27.7 Å². The van der Waals surface area contributed by atoms with Gasteiger partial charge in [0.2, 0.25) is 0 Å². The highest BCUT2D eigenvalue weighted by Gasteiger charge is 2.09. The molecule has 0 spiro atoms. The highest BCUT2D eigenvalue weighted by atomic mass is 14.9. The lowest BCUT2D eigenvalue weighted by Crippen LogP contribution is -2.00. The largest absolute Gasteiger partial charge is 0.309 e. The lowest BCUT2D eigenvalue weighted by molar-refractivity contribution is 0.763. The van der Waals surface area contributed by atoms with Gasteiger partial charge in [-0.15, -0.1) is 0 Å². The summed E-state index contributed by atoms with van der Waals surface area (Å²) in [6, 6.07) is 6.50. The Hall–Kier alpha value is -0.820. The molecule has 0 saturated carbocycles. The molecule has 1 N–H and O–H groups in total. The summed E-state index contributed by atoms with van der Waals surface area (Å²) >= 11 is 0. The lowest BCUT2D eigenvalue weighted by atomic mass is 10.1. The van der Waals surface area contributed by atoms with Crippen LogP contribution in [0.5, 0.6) is 0 Å². The van der Waals surface area contributed by atoms with Gasteiger partial charge in [0.25, 0.3) is 0 Å². The smallest absolute Gasteiger partial charge is 0.0214 e. The van der Waals surface area contributed by atoms with Crippen LogP contribution in [-0.4, -0.2) is 0 Å². The van der Waals surface area contributed by atoms with Crippen molar-refractivity contribution in [2.75, 3.05) is 0 Å². The zero-order valence-corrected chi connectivity index (χ0v) is 10.1. The van der Waals surface area contributed by atoms with E-state index in [-0.39, 0.29) is 0 Å². The third-order valence-electron chi connectivity index (χ3n) is 2.12. The standard InChI is InChI=1S/C9H11N.2C2H6/c1-7-3-2-4-8-5-10-6-9(7)8;2*1-2/h2-4,10H,5-6H2,1H3;2*1-2H3. The zero-order chi connectivity index (χ0) is 11.0. The first-order valence-corrected chi connectivity index (χ1v) is 5.66. The predicted molar refractivity (Wildman–Crippen MR) is 64.4 cm³/mol. The summed E-state index contributed by atoms with van der Waals surface area (Å²) in [5.41, 5.74) is 4.39. The lowest BCUT2D eigenvalue weighted by Gasteiger charge is -1.99. The van der Waals surface area contributed by atoms with E-state index in [1.54, 1.807) is 0 Å². The molecule has 0 unspecified atom stereocenters. The van der Waals surface area contributed by atoms with Crippen molar-refractivity contribution in [3.05, 3.63) is 34.9 Å². The Labute approximate surface area is 88.5 Å². The molecule has 1 aromatic rings. The second-order valence-corrected chi connectivity index (χ2v) is 2.82. The Morgan fingerprint density at radius 2 is 1.64 bits per heavy atom. The first-order valence-electron chi connectivity index (χ1n) is 5.66. The van der Waals surface area contributed by atoms with Crippen molar-refractivity contribution in [1.82, 2.24) is 5.32 Å². The maximum atomic E-state index is 3.33. The van der Waals surface area contributed by atoms with E-state index in [0.717, 1.165) is 13.1 Å². The van der Waals surface area contributed by atoms with Crippen molar-refractivity contribution in [3.8, 4) is 0 Å². The van der Waals surface area contributed by atoms with Gasteiger partial charge in [-0.2, -0.15) is 0 Å². The minimum Gasteiger partial charge on any atom is -0.309 e. The molecule has 0 fully saturated rings. The molecule has 1 aliphatic heterocycles. The number of hydrogen-bond acceptors (Lipinski definition) is 1. The normalized spacial score (nSPS) is 11.8. The Bertz CT molecular complexity index is 253. The van der Waals surface area contributed by atoms with Crippen LogP contribution in [0.3, 0.4) is 0 Å². The van der Waals surface area contributed by atoms with Gasteiger partial charge in [0.1, 0.15) is 0 Å². The van der Waals surface area contributed by atoms with Crippen molar-refractivity contribution in [3.63, 3.8) is 0 Å². The summed E-state index contributed by atoms with van der Waals surface area (Å²) in [6.07, 6.45) is 0. The Kier molecular flexibility index (Phi) is 7.13. The summed E-state index contributed by atoms with van der Waals surface area (Å²) in [7, 11) is 0. The van der Waals surface area contributed by atoms with Crippen LogP contribution in [-0.2, 0) is 13.1 Å². The summed E-state index contributed by atoms with van der Waals surface area (Å²) in [4.78, 5) is 0. The van der Waals surface area contributed by atoms with Crippen LogP contribution in [0, 0.1) is 6.92 Å². The van der Waals surface area contributed by atoms with Crippen LogP contribution in [0.2, 0.25) is 0 Å². The number of hydrogen-bond donors (Lipinski definition) is 1. The summed E-state index contributed by atoms with van der Waals surface area (Å²) in [5.74, 6) is 0. The van der Waals surface area contributed by atoms with Crippen molar-refractivity contribution in [2.24, 2.45) is 0 Å². The van der Waals surface area contributed by atoms with Crippen molar-refractivity contribution >= 4 is 0 Å². The van der Waals surface area contributed by atoms with Gasteiger partial charge < -0.3 is 5.32 Å². The topological polar surface area (TPSA) is 12.0 Å². The number of aryl methyl sites for hydroxylation is 1. The van der Waals surface area contributed by atoms with Crippen molar-refractivity contribution < 1.29 is 0 Å². The molecule has 0 saturated heterocycles. The second-order valence-electron chi connectivity index (χ2n) is 2.82. The Morgan fingerprint density at radius 1 is 1.00 bits per heavy atom. The molecule has 0 amide bonds. The van der Waals surface area contributed by atoms with Crippen LogP contribution < -0.4 is 5.32 Å². The van der Waals surface area contributed by atoms with Crippen LogP contribution in [0.15, 0.2) is 18.2 Å². The van der Waals surface area contributed by atoms with Crippen LogP contribution in [0.25, 0.3) is 0 Å². The molecule has 0 aliphatic carbocycles. The summed E-state index contributed by atoms with van der Waals surface area (Å²) in [6.45, 7) is 12.3. The molecule has 1 aromatic carbocycles. The molecule has 1 heteroatoms. The maximum absolute atomic E-state index is 3.33. The van der Waals surface area contributed by atoms with E-state index < -0.39 is 0 Å². The fraction of sp³-hybridized carbons (Fsp3) is 0.538. The SMILES string of the molecule is CC.CC.Cc1cccc2c1CNC2. The molecule has 1 nitrogen and oxygen atoms in total. The predicted octanol–water partition coefficient (Wildman–Crippen LogP) is 3.65. The minimum absolute atomic E-state index is 1.05. The van der Waals surface area contributed by atoms with E-state index in [4.69, 9.17) is 0 Å². The molecular weight excluding hydrogens is 170 g/mol. The highest BCUT2D eigenvalue weighted by Crippen LogP contribution is 2.18. The minimum atomic E-state index is 1.05. The van der Waals surface area contributed by atoms with Gasteiger partial charge in [0, 0.05) is 13.1 Å². The Morgan fingerprint density at radius 3 is 2.21 bits per heavy atom. The molecule has 1 heterocycles. The van der Waals surface area contributed by atoms with E-state index in [1.165, 1.54) is 16.7 Å². The molecule has 2 rings (SSSR count). The third kappa shape index (κ3) is 3.15. The molecule has 80 valence electrons. The molecule has 0 bridgehead atoms. The summed E-state index contributed by atoms with van der Waals surface area (Å²) in [5, 5.41) is 3.33. The average Bonchev–Trinajstić information content (AvgIpc) is 2.73. The maximum Gasteiger partial charge on any atom is 0.0214 e. The van der Waals surface area contributed by atoms with Gasteiger partial charge in [0.05, 0.1) is 0 Å². The molecule has 1 aliphatic rings. The van der Waals surface area contributed by atoms with Crippen LogP contribution >= 0.6 is 0 Å². The quantitative estimate of drug-likeness (QED) is 0.663. The molecule has 0 aromatic heterocycles. The van der Waals surface area contributed by atoms with Gasteiger partial charge in [-0.3, -0.25) is 0 Å². The number of nitrogens with one attached hydrogen (secondary N) is 1. The molecule has 0 atom stereocenters. The molecule has 0 radical (unpaired) electrons. The van der Waals surface area contributed by atoms with Gasteiger partial charge in [-0.1, -0.05) is 45.9 Å². The first kappa shape index (κ1) is 13.2. The molecule has 14 heavy (non-hydrogen) atoms. The first-order chi connectivity index (χ1) is 6.88. The van der Waals surface area contributed by atoms with E-state index in [9.17, 15) is 0 Å². The van der Waals surface area contributed by atoms with Gasteiger partial charge >= 0.3 is 0 Å². The van der Waals surface area contributed by atoms with E-state index >= 15 is 0 Å². The van der Waals surface area contributed by atoms with Gasteiger partial charge in [0.15, 0.2) is 0 Å². The highest BCUT2D eigenvalue weighted by molar-refractivity contribution is 5.36. The van der Waals surface area contributed by atoms with Gasteiger partial charge in [-0.25, -0.2) is 0 Å². The average molecular weight is 193 g/mol. The second kappa shape index (κ2) is 7.57. The summed E-state index contributed by atoms with van der Waals surface area (Å²) < 4.78 is 0. The number of fused-ring (bicyclic) bond motifs is 1. The zero-order valence-electron chi connectivity index (χ0n) is 10.1.